The number of nitrogens with zero attached hydrogens (tertiary/aromatic N) is 4. The van der Waals surface area contributed by atoms with E-state index in [-0.39, 0.29) is 29.8 Å². The molecular weight excluding hydrogens is 514 g/mol. The van der Waals surface area contributed by atoms with E-state index in [1.54, 1.807) is 19.7 Å². The third kappa shape index (κ3) is 8.43. The summed E-state index contributed by atoms with van der Waals surface area (Å²) in [5.41, 5.74) is 0.738. The van der Waals surface area contributed by atoms with Crippen LogP contribution in [0.3, 0.4) is 0 Å². The van der Waals surface area contributed by atoms with Gasteiger partial charge in [-0.1, -0.05) is 22.0 Å². The van der Waals surface area contributed by atoms with Crippen LogP contribution in [0.5, 0.6) is 0 Å². The SMILES string of the molecule is CN=C(NCCCCn1cnnc1)NCCCc1ccc(Br)cc1F.I. The van der Waals surface area contributed by atoms with E-state index in [2.05, 4.69) is 41.8 Å². The number of nitrogens with one attached hydrogen (secondary N) is 2. The molecule has 1 aromatic carbocycles. The molecule has 0 atom stereocenters. The highest BCUT2D eigenvalue weighted by Gasteiger charge is 2.03. The zero-order valence-electron chi connectivity index (χ0n) is 14.8. The number of aromatic nitrogens is 3. The van der Waals surface area contributed by atoms with Crippen molar-refractivity contribution in [1.29, 1.82) is 0 Å². The molecule has 0 unspecified atom stereocenters. The molecule has 0 aliphatic heterocycles. The maximum atomic E-state index is 13.7. The van der Waals surface area contributed by atoms with Crippen LogP contribution < -0.4 is 10.6 Å². The fraction of sp³-hybridized carbons (Fsp3) is 0.471. The van der Waals surface area contributed by atoms with Gasteiger partial charge in [-0.05, 0) is 43.4 Å². The largest absolute Gasteiger partial charge is 0.356 e. The van der Waals surface area contributed by atoms with Gasteiger partial charge in [0.2, 0.25) is 0 Å². The predicted octanol–water partition coefficient (Wildman–Crippen LogP) is 3.38. The summed E-state index contributed by atoms with van der Waals surface area (Å²) in [5.74, 6) is 0.616. The Hall–Kier alpha value is -1.23. The second-order valence-electron chi connectivity index (χ2n) is 5.67. The summed E-state index contributed by atoms with van der Waals surface area (Å²) in [7, 11) is 1.75. The zero-order chi connectivity index (χ0) is 17.9. The Bertz CT molecular complexity index is 665. The van der Waals surface area contributed by atoms with Crippen LogP contribution in [0.25, 0.3) is 0 Å². The van der Waals surface area contributed by atoms with Crippen molar-refractivity contribution in [2.75, 3.05) is 20.1 Å². The lowest BCUT2D eigenvalue weighted by molar-refractivity contribution is 0.594. The topological polar surface area (TPSA) is 67.1 Å². The van der Waals surface area contributed by atoms with Gasteiger partial charge >= 0.3 is 0 Å². The summed E-state index contributed by atoms with van der Waals surface area (Å²) in [6.45, 7) is 2.51. The first-order valence-corrected chi connectivity index (χ1v) is 9.19. The predicted molar refractivity (Wildman–Crippen MR) is 116 cm³/mol. The second-order valence-corrected chi connectivity index (χ2v) is 6.59. The summed E-state index contributed by atoms with van der Waals surface area (Å²) < 4.78 is 16.5. The number of benzene rings is 1. The summed E-state index contributed by atoms with van der Waals surface area (Å²) in [6.07, 6.45) is 7.06. The molecule has 0 aliphatic carbocycles. The molecule has 0 radical (unpaired) electrons. The van der Waals surface area contributed by atoms with Gasteiger partial charge in [0, 0.05) is 31.2 Å². The average Bonchev–Trinajstić information content (AvgIpc) is 3.11. The number of hydrogen-bond acceptors (Lipinski definition) is 3. The summed E-state index contributed by atoms with van der Waals surface area (Å²) in [4.78, 5) is 4.20. The van der Waals surface area contributed by atoms with Crippen LogP contribution in [0, 0.1) is 5.82 Å². The molecule has 0 bridgehead atoms. The Morgan fingerprint density at radius 1 is 1.15 bits per heavy atom. The first-order valence-electron chi connectivity index (χ1n) is 8.40. The van der Waals surface area contributed by atoms with Crippen molar-refractivity contribution in [1.82, 2.24) is 25.4 Å². The fourth-order valence-electron chi connectivity index (χ4n) is 2.39. The Labute approximate surface area is 179 Å². The van der Waals surface area contributed by atoms with Crippen molar-refractivity contribution >= 4 is 45.9 Å². The molecule has 0 amide bonds. The van der Waals surface area contributed by atoms with E-state index >= 15 is 0 Å². The van der Waals surface area contributed by atoms with Crippen LogP contribution in [0.15, 0.2) is 40.3 Å². The molecule has 2 N–H and O–H groups in total. The number of rotatable bonds is 9. The highest BCUT2D eigenvalue weighted by atomic mass is 127. The maximum absolute atomic E-state index is 13.7. The van der Waals surface area contributed by atoms with Crippen molar-refractivity contribution in [3.05, 3.63) is 46.7 Å². The van der Waals surface area contributed by atoms with E-state index in [1.807, 2.05) is 16.7 Å². The number of unbranched alkanes of at least 4 members (excludes halogenated alkanes) is 1. The zero-order valence-corrected chi connectivity index (χ0v) is 18.7. The fourth-order valence-corrected chi connectivity index (χ4v) is 2.73. The first kappa shape index (κ1) is 22.8. The molecule has 0 aliphatic rings. The standard InChI is InChI=1S/C17H24BrFN6.HI/c1-20-17(21-8-2-3-10-25-12-23-24-13-25)22-9-4-5-14-6-7-15(18)11-16(14)19;/h6-7,11-13H,2-5,8-10H2,1H3,(H2,20,21,22);1H. The number of halogens is 3. The average molecular weight is 539 g/mol. The lowest BCUT2D eigenvalue weighted by atomic mass is 10.1. The third-order valence-electron chi connectivity index (χ3n) is 3.76. The van der Waals surface area contributed by atoms with E-state index < -0.39 is 0 Å². The van der Waals surface area contributed by atoms with E-state index in [0.717, 1.165) is 54.9 Å². The van der Waals surface area contributed by atoms with Gasteiger partial charge in [0.25, 0.3) is 0 Å². The molecule has 0 spiro atoms. The van der Waals surface area contributed by atoms with E-state index in [9.17, 15) is 4.39 Å². The third-order valence-corrected chi connectivity index (χ3v) is 4.25. The van der Waals surface area contributed by atoms with Crippen LogP contribution in [0.1, 0.15) is 24.8 Å². The summed E-state index contributed by atoms with van der Waals surface area (Å²) in [5, 5.41) is 14.1. The lowest BCUT2D eigenvalue weighted by Gasteiger charge is -2.12. The van der Waals surface area contributed by atoms with Gasteiger partial charge < -0.3 is 15.2 Å². The molecule has 0 fully saturated rings. The van der Waals surface area contributed by atoms with Crippen LogP contribution in [-0.4, -0.2) is 40.9 Å². The smallest absolute Gasteiger partial charge is 0.190 e. The minimum absolute atomic E-state index is 0. The molecule has 0 saturated carbocycles. The van der Waals surface area contributed by atoms with Crippen molar-refractivity contribution in [3.63, 3.8) is 0 Å². The number of hydrogen-bond donors (Lipinski definition) is 2. The molecule has 1 heterocycles. The van der Waals surface area contributed by atoms with E-state index in [0.29, 0.717) is 6.42 Å². The van der Waals surface area contributed by atoms with Crippen molar-refractivity contribution in [3.8, 4) is 0 Å². The van der Waals surface area contributed by atoms with Gasteiger partial charge in [-0.3, -0.25) is 4.99 Å². The van der Waals surface area contributed by atoms with Crippen LogP contribution in [0.2, 0.25) is 0 Å². The van der Waals surface area contributed by atoms with Gasteiger partial charge in [-0.15, -0.1) is 34.2 Å². The highest BCUT2D eigenvalue weighted by Crippen LogP contribution is 2.16. The van der Waals surface area contributed by atoms with E-state index in [1.165, 1.54) is 6.07 Å². The van der Waals surface area contributed by atoms with Crippen molar-refractivity contribution < 1.29 is 4.39 Å². The van der Waals surface area contributed by atoms with Crippen LogP contribution >= 0.6 is 39.9 Å². The van der Waals surface area contributed by atoms with Crippen molar-refractivity contribution in [2.45, 2.75) is 32.2 Å². The number of guanidine groups is 1. The maximum Gasteiger partial charge on any atom is 0.190 e. The normalized spacial score (nSPS) is 11.1. The van der Waals surface area contributed by atoms with Crippen molar-refractivity contribution in [2.24, 2.45) is 4.99 Å². The molecule has 144 valence electrons. The minimum atomic E-state index is -0.162. The summed E-state index contributed by atoms with van der Waals surface area (Å²) in [6, 6.07) is 5.19. The monoisotopic (exact) mass is 538 g/mol. The molecule has 6 nitrogen and oxygen atoms in total. The Kier molecular flexibility index (Phi) is 11.4. The number of aliphatic imine (C=N–C) groups is 1. The molecule has 2 aromatic rings. The number of aryl methyl sites for hydroxylation is 2. The molecule has 2 rings (SSSR count). The van der Waals surface area contributed by atoms with Gasteiger partial charge in [0.05, 0.1) is 0 Å². The van der Waals surface area contributed by atoms with Gasteiger partial charge in [-0.25, -0.2) is 4.39 Å². The molecule has 1 aromatic heterocycles. The minimum Gasteiger partial charge on any atom is -0.356 e. The molecular formula is C17H25BrFIN6. The van der Waals surface area contributed by atoms with E-state index in [4.69, 9.17) is 0 Å². The lowest BCUT2D eigenvalue weighted by Crippen LogP contribution is -2.38. The van der Waals surface area contributed by atoms with Gasteiger partial charge in [0.1, 0.15) is 18.5 Å². The highest BCUT2D eigenvalue weighted by molar-refractivity contribution is 14.0. The van der Waals surface area contributed by atoms with Crippen LogP contribution in [-0.2, 0) is 13.0 Å². The second kappa shape index (κ2) is 13.0. The molecule has 9 heteroatoms. The Morgan fingerprint density at radius 2 is 1.85 bits per heavy atom. The van der Waals surface area contributed by atoms with Gasteiger partial charge in [-0.2, -0.15) is 0 Å². The quantitative estimate of drug-likeness (QED) is 0.222. The Balaban J connectivity index is 0.00000338. The van der Waals surface area contributed by atoms with Crippen LogP contribution in [0.4, 0.5) is 4.39 Å². The Morgan fingerprint density at radius 3 is 2.50 bits per heavy atom. The molecule has 0 saturated heterocycles. The van der Waals surface area contributed by atoms with Gasteiger partial charge in [0.15, 0.2) is 5.96 Å². The first-order chi connectivity index (χ1) is 12.2. The summed E-state index contributed by atoms with van der Waals surface area (Å²) >= 11 is 3.27. The molecule has 26 heavy (non-hydrogen) atoms.